The fourth-order valence-corrected chi connectivity index (χ4v) is 3.87. The van der Waals surface area contributed by atoms with Gasteiger partial charge in [-0.05, 0) is 29.8 Å². The van der Waals surface area contributed by atoms with Crippen LogP contribution >= 0.6 is 11.6 Å². The second-order valence-electron chi connectivity index (χ2n) is 6.91. The molecule has 154 valence electrons. The molecule has 2 aromatic rings. The summed E-state index contributed by atoms with van der Waals surface area (Å²) in [6.45, 7) is 3.49. The van der Waals surface area contributed by atoms with E-state index in [0.717, 1.165) is 43.5 Å². The highest BCUT2D eigenvalue weighted by Gasteiger charge is 2.33. The molecular weight excluding hydrogens is 409 g/mol. The highest BCUT2D eigenvalue weighted by Crippen LogP contribution is 2.37. The molecular formula is C20H18ClF3N2O3. The molecule has 4 rings (SSSR count). The van der Waals surface area contributed by atoms with Gasteiger partial charge in [-0.2, -0.15) is 0 Å². The monoisotopic (exact) mass is 426 g/mol. The molecule has 2 aliphatic heterocycles. The summed E-state index contributed by atoms with van der Waals surface area (Å²) in [5.41, 5.74) is 2.80. The number of carbonyl (C=O) groups is 1. The van der Waals surface area contributed by atoms with Crippen molar-refractivity contribution in [1.29, 1.82) is 0 Å². The first kappa shape index (κ1) is 19.8. The Kier molecular flexibility index (Phi) is 5.31. The zero-order valence-electron chi connectivity index (χ0n) is 15.3. The van der Waals surface area contributed by atoms with Crippen molar-refractivity contribution in [3.05, 3.63) is 58.1 Å². The Morgan fingerprint density at radius 3 is 2.62 bits per heavy atom. The number of hydrogen-bond acceptors (Lipinski definition) is 5. The SMILES string of the molecule is O=C1OC(Cc2ccc(OC(F)(F)F)cc2Cl)c2ccc(N3CCNCC3)cc21. The molecule has 1 atom stereocenters. The van der Waals surface area contributed by atoms with Gasteiger partial charge in [-0.15, -0.1) is 13.2 Å². The molecule has 0 radical (unpaired) electrons. The lowest BCUT2D eigenvalue weighted by Crippen LogP contribution is -2.43. The molecule has 2 heterocycles. The van der Waals surface area contributed by atoms with Gasteiger partial charge in [0.15, 0.2) is 0 Å². The van der Waals surface area contributed by atoms with Crippen LogP contribution in [-0.4, -0.2) is 38.5 Å². The highest BCUT2D eigenvalue weighted by molar-refractivity contribution is 6.31. The van der Waals surface area contributed by atoms with Crippen LogP contribution in [0.1, 0.15) is 27.6 Å². The van der Waals surface area contributed by atoms with Crippen LogP contribution in [0.4, 0.5) is 18.9 Å². The summed E-state index contributed by atoms with van der Waals surface area (Å²) >= 11 is 6.13. The van der Waals surface area contributed by atoms with Crippen LogP contribution in [0.2, 0.25) is 5.02 Å². The summed E-state index contributed by atoms with van der Waals surface area (Å²) in [6.07, 6.45) is -5.06. The van der Waals surface area contributed by atoms with E-state index in [0.29, 0.717) is 11.1 Å². The van der Waals surface area contributed by atoms with Gasteiger partial charge in [-0.3, -0.25) is 0 Å². The standard InChI is InChI=1S/C20H18ClF3N2O3/c21-17-11-14(29-20(22,23)24)3-1-12(17)9-18-15-4-2-13(10-16(15)19(27)28-18)26-7-5-25-6-8-26/h1-4,10-11,18,25H,5-9H2. The van der Waals surface area contributed by atoms with E-state index in [1.165, 1.54) is 12.1 Å². The number of piperazine rings is 1. The van der Waals surface area contributed by atoms with Crippen molar-refractivity contribution in [2.24, 2.45) is 0 Å². The van der Waals surface area contributed by atoms with E-state index in [1.54, 1.807) is 0 Å². The van der Waals surface area contributed by atoms with Gasteiger partial charge in [-0.1, -0.05) is 23.7 Å². The maximum absolute atomic E-state index is 12.4. The summed E-state index contributed by atoms with van der Waals surface area (Å²) in [6, 6.07) is 9.42. The average Bonchev–Trinajstić information content (AvgIpc) is 2.98. The molecule has 1 saturated heterocycles. The lowest BCUT2D eigenvalue weighted by Gasteiger charge is -2.29. The number of ether oxygens (including phenoxy) is 2. The topological polar surface area (TPSA) is 50.8 Å². The smallest absolute Gasteiger partial charge is 0.454 e. The molecule has 5 nitrogen and oxygen atoms in total. The minimum absolute atomic E-state index is 0.119. The first-order valence-corrected chi connectivity index (χ1v) is 9.53. The van der Waals surface area contributed by atoms with Crippen LogP contribution in [0.5, 0.6) is 5.75 Å². The molecule has 0 aliphatic carbocycles. The quantitative estimate of drug-likeness (QED) is 0.746. The lowest BCUT2D eigenvalue weighted by atomic mass is 9.98. The number of benzene rings is 2. The van der Waals surface area contributed by atoms with E-state index >= 15 is 0 Å². The van der Waals surface area contributed by atoms with E-state index in [2.05, 4.69) is 15.0 Å². The number of alkyl halides is 3. The van der Waals surface area contributed by atoms with Gasteiger partial charge < -0.3 is 19.7 Å². The highest BCUT2D eigenvalue weighted by atomic mass is 35.5. The predicted octanol–water partition coefficient (Wildman–Crippen LogP) is 4.10. The van der Waals surface area contributed by atoms with Crippen LogP contribution in [-0.2, 0) is 11.2 Å². The lowest BCUT2D eigenvalue weighted by molar-refractivity contribution is -0.274. The first-order chi connectivity index (χ1) is 13.8. The first-order valence-electron chi connectivity index (χ1n) is 9.15. The van der Waals surface area contributed by atoms with Crippen LogP contribution in [0.25, 0.3) is 0 Å². The molecule has 0 aromatic heterocycles. The van der Waals surface area contributed by atoms with E-state index in [-0.39, 0.29) is 11.4 Å². The van der Waals surface area contributed by atoms with E-state index in [1.807, 2.05) is 18.2 Å². The number of carbonyl (C=O) groups excluding carboxylic acids is 1. The zero-order chi connectivity index (χ0) is 20.6. The van der Waals surface area contributed by atoms with Crippen molar-refractivity contribution in [2.75, 3.05) is 31.1 Å². The van der Waals surface area contributed by atoms with Crippen LogP contribution in [0.3, 0.4) is 0 Å². The number of esters is 1. The molecule has 2 aromatic carbocycles. The van der Waals surface area contributed by atoms with Crippen LogP contribution < -0.4 is 15.0 Å². The van der Waals surface area contributed by atoms with E-state index in [9.17, 15) is 18.0 Å². The maximum atomic E-state index is 12.4. The molecule has 1 N–H and O–H groups in total. The minimum atomic E-state index is -4.78. The number of fused-ring (bicyclic) bond motifs is 1. The number of nitrogens with zero attached hydrogens (tertiary/aromatic N) is 1. The molecule has 0 saturated carbocycles. The third-order valence-corrected chi connectivity index (χ3v) is 5.35. The van der Waals surface area contributed by atoms with Gasteiger partial charge in [0.2, 0.25) is 0 Å². The van der Waals surface area contributed by atoms with Crippen molar-refractivity contribution in [2.45, 2.75) is 18.9 Å². The van der Waals surface area contributed by atoms with Gasteiger partial charge in [0.25, 0.3) is 0 Å². The van der Waals surface area contributed by atoms with Crippen LogP contribution in [0.15, 0.2) is 36.4 Å². The Balaban J connectivity index is 1.52. The number of halogens is 4. The fourth-order valence-electron chi connectivity index (χ4n) is 3.62. The molecule has 0 bridgehead atoms. The Bertz CT molecular complexity index is 930. The Hall–Kier alpha value is -2.45. The van der Waals surface area contributed by atoms with Crippen LogP contribution in [0, 0.1) is 0 Å². The zero-order valence-corrected chi connectivity index (χ0v) is 16.0. The summed E-state index contributed by atoms with van der Waals surface area (Å²) in [7, 11) is 0. The fraction of sp³-hybridized carbons (Fsp3) is 0.350. The molecule has 29 heavy (non-hydrogen) atoms. The van der Waals surface area contributed by atoms with Crippen molar-refractivity contribution in [1.82, 2.24) is 5.32 Å². The third kappa shape index (κ3) is 4.43. The number of anilines is 1. The third-order valence-electron chi connectivity index (χ3n) is 5.00. The molecule has 0 spiro atoms. The molecule has 9 heteroatoms. The second kappa shape index (κ2) is 7.76. The molecule has 0 amide bonds. The molecule has 1 unspecified atom stereocenters. The van der Waals surface area contributed by atoms with Gasteiger partial charge in [-0.25, -0.2) is 4.79 Å². The van der Waals surface area contributed by atoms with Gasteiger partial charge in [0, 0.05) is 48.9 Å². The van der Waals surface area contributed by atoms with E-state index < -0.39 is 24.2 Å². The Morgan fingerprint density at radius 2 is 1.93 bits per heavy atom. The minimum Gasteiger partial charge on any atom is -0.454 e. The van der Waals surface area contributed by atoms with Gasteiger partial charge >= 0.3 is 12.3 Å². The molecule has 1 fully saturated rings. The van der Waals surface area contributed by atoms with Crippen molar-refractivity contribution < 1.29 is 27.4 Å². The van der Waals surface area contributed by atoms with Crippen molar-refractivity contribution in [3.63, 3.8) is 0 Å². The molecule has 2 aliphatic rings. The van der Waals surface area contributed by atoms with Gasteiger partial charge in [0.1, 0.15) is 11.9 Å². The Morgan fingerprint density at radius 1 is 1.17 bits per heavy atom. The van der Waals surface area contributed by atoms with Crippen molar-refractivity contribution >= 4 is 23.3 Å². The Labute approximate surface area is 170 Å². The summed E-state index contributed by atoms with van der Waals surface area (Å²) < 4.78 is 46.4. The van der Waals surface area contributed by atoms with E-state index in [4.69, 9.17) is 16.3 Å². The predicted molar refractivity (Wildman–Crippen MR) is 102 cm³/mol. The largest absolute Gasteiger partial charge is 0.573 e. The number of rotatable bonds is 4. The number of cyclic esters (lactones) is 1. The summed E-state index contributed by atoms with van der Waals surface area (Å²) in [5.74, 6) is -0.800. The normalized spacial score (nSPS) is 19.1. The number of nitrogens with one attached hydrogen (secondary N) is 1. The average molecular weight is 427 g/mol. The summed E-state index contributed by atoms with van der Waals surface area (Å²) in [4.78, 5) is 14.6. The number of hydrogen-bond donors (Lipinski definition) is 1. The van der Waals surface area contributed by atoms with Gasteiger partial charge in [0.05, 0.1) is 5.56 Å². The summed E-state index contributed by atoms with van der Waals surface area (Å²) in [5, 5.41) is 3.40. The van der Waals surface area contributed by atoms with Crippen molar-refractivity contribution in [3.8, 4) is 5.75 Å². The maximum Gasteiger partial charge on any atom is 0.573 e. The second-order valence-corrected chi connectivity index (χ2v) is 7.31.